The van der Waals surface area contributed by atoms with Gasteiger partial charge in [0.25, 0.3) is 0 Å². The van der Waals surface area contributed by atoms with Crippen LogP contribution in [-0.4, -0.2) is 25.0 Å². The summed E-state index contributed by atoms with van der Waals surface area (Å²) in [5.41, 5.74) is 1.98. The minimum Gasteiger partial charge on any atom is -0.354 e. The predicted molar refractivity (Wildman–Crippen MR) is 111 cm³/mol. The van der Waals surface area contributed by atoms with E-state index >= 15 is 0 Å². The smallest absolute Gasteiger partial charge is 0.227 e. The van der Waals surface area contributed by atoms with E-state index in [1.807, 2.05) is 24.3 Å². The van der Waals surface area contributed by atoms with Crippen LogP contribution >= 0.6 is 24.0 Å². The third-order valence-electron chi connectivity index (χ3n) is 4.35. The second-order valence-corrected chi connectivity index (χ2v) is 6.20. The summed E-state index contributed by atoms with van der Waals surface area (Å²) in [6, 6.07) is 8.35. The molecule has 1 unspecified atom stereocenters. The fourth-order valence-corrected chi connectivity index (χ4v) is 2.39. The van der Waals surface area contributed by atoms with Gasteiger partial charge in [0.1, 0.15) is 0 Å². The molecule has 1 aromatic rings. The molecule has 1 aliphatic carbocycles. The highest BCUT2D eigenvalue weighted by Gasteiger charge is 2.25. The molecule has 2 rings (SSSR count). The van der Waals surface area contributed by atoms with Gasteiger partial charge in [0.15, 0.2) is 5.96 Å². The first-order valence-electron chi connectivity index (χ1n) is 8.49. The first-order chi connectivity index (χ1) is 11.1. The van der Waals surface area contributed by atoms with Crippen molar-refractivity contribution in [1.29, 1.82) is 0 Å². The van der Waals surface area contributed by atoms with Crippen LogP contribution in [0.25, 0.3) is 0 Å². The summed E-state index contributed by atoms with van der Waals surface area (Å²) in [4.78, 5) is 16.2. The van der Waals surface area contributed by atoms with Crippen molar-refractivity contribution in [2.24, 2.45) is 10.9 Å². The fourth-order valence-electron chi connectivity index (χ4n) is 2.39. The van der Waals surface area contributed by atoms with Crippen molar-refractivity contribution in [1.82, 2.24) is 10.6 Å². The van der Waals surface area contributed by atoms with Crippen LogP contribution in [0.4, 0.5) is 5.69 Å². The zero-order valence-electron chi connectivity index (χ0n) is 14.8. The lowest BCUT2D eigenvalue weighted by atomic mass is 9.85. The zero-order chi connectivity index (χ0) is 16.7. The molecule has 1 aliphatic rings. The summed E-state index contributed by atoms with van der Waals surface area (Å²) in [6.07, 6.45) is 4.25. The van der Waals surface area contributed by atoms with Crippen LogP contribution in [0.3, 0.4) is 0 Å². The third-order valence-corrected chi connectivity index (χ3v) is 4.35. The van der Waals surface area contributed by atoms with Crippen LogP contribution in [0.5, 0.6) is 0 Å². The van der Waals surface area contributed by atoms with E-state index in [1.54, 1.807) is 7.05 Å². The summed E-state index contributed by atoms with van der Waals surface area (Å²) in [5, 5.41) is 9.65. The van der Waals surface area contributed by atoms with Gasteiger partial charge in [-0.25, -0.2) is 0 Å². The number of carbonyl (C=O) groups is 1. The Balaban J connectivity index is 0.00000288. The molecule has 3 N–H and O–H groups in total. The van der Waals surface area contributed by atoms with E-state index in [-0.39, 0.29) is 35.8 Å². The summed E-state index contributed by atoms with van der Waals surface area (Å²) < 4.78 is 0. The van der Waals surface area contributed by atoms with Gasteiger partial charge in [0.2, 0.25) is 5.91 Å². The Hall–Kier alpha value is -1.31. The molecule has 24 heavy (non-hydrogen) atoms. The molecule has 0 spiro atoms. The number of aliphatic imine (C=N–C) groups is 1. The minimum absolute atomic E-state index is 0. The lowest BCUT2D eigenvalue weighted by molar-refractivity contribution is -0.122. The van der Waals surface area contributed by atoms with E-state index in [4.69, 9.17) is 0 Å². The Bertz CT molecular complexity index is 558. The van der Waals surface area contributed by atoms with Crippen LogP contribution in [0, 0.1) is 5.92 Å². The number of benzene rings is 1. The maximum atomic E-state index is 12.0. The number of nitrogens with one attached hydrogen (secondary N) is 3. The molecule has 1 fully saturated rings. The minimum atomic E-state index is 0. The van der Waals surface area contributed by atoms with Gasteiger partial charge in [-0.2, -0.15) is 0 Å². The van der Waals surface area contributed by atoms with Gasteiger partial charge in [-0.3, -0.25) is 9.79 Å². The molecule has 6 heteroatoms. The van der Waals surface area contributed by atoms with Crippen molar-refractivity contribution in [2.75, 3.05) is 12.4 Å². The van der Waals surface area contributed by atoms with Gasteiger partial charge in [-0.15, -0.1) is 24.0 Å². The number of nitrogens with zero attached hydrogens (tertiary/aromatic N) is 1. The molecular weight excluding hydrogens is 415 g/mol. The third kappa shape index (κ3) is 6.30. The molecule has 0 aromatic heterocycles. The highest BCUT2D eigenvalue weighted by molar-refractivity contribution is 14.0. The number of rotatable bonds is 6. The number of halogens is 1. The molecule has 0 heterocycles. The van der Waals surface area contributed by atoms with Crippen molar-refractivity contribution in [2.45, 2.75) is 52.1 Å². The van der Waals surface area contributed by atoms with Gasteiger partial charge < -0.3 is 16.0 Å². The van der Waals surface area contributed by atoms with Crippen LogP contribution in [0.15, 0.2) is 29.3 Å². The molecule has 134 valence electrons. The first-order valence-corrected chi connectivity index (χ1v) is 8.49. The van der Waals surface area contributed by atoms with Gasteiger partial charge in [0.05, 0.1) is 0 Å². The standard InChI is InChI=1S/C18H28N4O.HI/c1-4-13(2)21-18(19-3)20-12-14-7-5-10-16(11-14)22-17(23)15-8-6-9-15;/h5,7,10-11,13,15H,4,6,8-9,12H2,1-3H3,(H,22,23)(H2,19,20,21);1H. The van der Waals surface area contributed by atoms with Crippen molar-refractivity contribution < 1.29 is 4.79 Å². The molecular formula is C18H29IN4O. The molecule has 0 aliphatic heterocycles. The molecule has 0 bridgehead atoms. The number of hydrogen-bond acceptors (Lipinski definition) is 2. The van der Waals surface area contributed by atoms with Crippen molar-refractivity contribution in [3.63, 3.8) is 0 Å². The van der Waals surface area contributed by atoms with Crippen LogP contribution < -0.4 is 16.0 Å². The van der Waals surface area contributed by atoms with Gasteiger partial charge in [-0.1, -0.05) is 25.5 Å². The largest absolute Gasteiger partial charge is 0.354 e. The Labute approximate surface area is 162 Å². The number of amides is 1. The second-order valence-electron chi connectivity index (χ2n) is 6.20. The monoisotopic (exact) mass is 444 g/mol. The van der Waals surface area contributed by atoms with E-state index in [0.29, 0.717) is 12.6 Å². The van der Waals surface area contributed by atoms with E-state index in [9.17, 15) is 4.79 Å². The maximum absolute atomic E-state index is 12.0. The van der Waals surface area contributed by atoms with E-state index < -0.39 is 0 Å². The Morgan fingerprint density at radius 1 is 1.38 bits per heavy atom. The zero-order valence-corrected chi connectivity index (χ0v) is 17.1. The van der Waals surface area contributed by atoms with E-state index in [2.05, 4.69) is 34.8 Å². The van der Waals surface area contributed by atoms with Crippen LogP contribution in [-0.2, 0) is 11.3 Å². The Morgan fingerprint density at radius 3 is 2.71 bits per heavy atom. The van der Waals surface area contributed by atoms with Crippen molar-refractivity contribution in [3.8, 4) is 0 Å². The molecule has 5 nitrogen and oxygen atoms in total. The first kappa shape index (κ1) is 20.7. The average Bonchev–Trinajstić information content (AvgIpc) is 2.49. The summed E-state index contributed by atoms with van der Waals surface area (Å²) in [7, 11) is 1.77. The Kier molecular flexibility index (Phi) is 9.10. The van der Waals surface area contributed by atoms with E-state index in [0.717, 1.165) is 36.5 Å². The van der Waals surface area contributed by atoms with Crippen molar-refractivity contribution in [3.05, 3.63) is 29.8 Å². The summed E-state index contributed by atoms with van der Waals surface area (Å²) in [6.45, 7) is 4.94. The second kappa shape index (κ2) is 10.5. The fraction of sp³-hybridized carbons (Fsp3) is 0.556. The van der Waals surface area contributed by atoms with Gasteiger partial charge in [-0.05, 0) is 43.9 Å². The lowest BCUT2D eigenvalue weighted by Crippen LogP contribution is -2.41. The number of carbonyl (C=O) groups excluding carboxylic acids is 1. The van der Waals surface area contributed by atoms with E-state index in [1.165, 1.54) is 6.42 Å². The number of guanidine groups is 1. The number of hydrogen-bond donors (Lipinski definition) is 3. The highest BCUT2D eigenvalue weighted by atomic mass is 127. The molecule has 1 amide bonds. The quantitative estimate of drug-likeness (QED) is 0.358. The maximum Gasteiger partial charge on any atom is 0.227 e. The lowest BCUT2D eigenvalue weighted by Gasteiger charge is -2.24. The molecule has 1 saturated carbocycles. The van der Waals surface area contributed by atoms with Crippen LogP contribution in [0.2, 0.25) is 0 Å². The SMILES string of the molecule is CCC(C)NC(=NC)NCc1cccc(NC(=O)C2CCC2)c1.I. The Morgan fingerprint density at radius 2 is 2.12 bits per heavy atom. The van der Waals surface area contributed by atoms with Crippen LogP contribution in [0.1, 0.15) is 45.1 Å². The normalized spacial score (nSPS) is 15.7. The van der Waals surface area contributed by atoms with Gasteiger partial charge >= 0.3 is 0 Å². The van der Waals surface area contributed by atoms with Crippen molar-refractivity contribution >= 4 is 41.5 Å². The number of anilines is 1. The molecule has 1 aromatic carbocycles. The summed E-state index contributed by atoms with van der Waals surface area (Å²) >= 11 is 0. The summed E-state index contributed by atoms with van der Waals surface area (Å²) in [5.74, 6) is 1.15. The molecule has 0 radical (unpaired) electrons. The topological polar surface area (TPSA) is 65.5 Å². The molecule has 0 saturated heterocycles. The van der Waals surface area contributed by atoms with Gasteiger partial charge in [0, 0.05) is 31.2 Å². The average molecular weight is 444 g/mol. The molecule has 1 atom stereocenters. The predicted octanol–water partition coefficient (Wildman–Crippen LogP) is 3.51. The highest BCUT2D eigenvalue weighted by Crippen LogP contribution is 2.27.